The minimum absolute atomic E-state index is 0.268. The smallest absolute Gasteiger partial charge is 0.303 e. The Morgan fingerprint density at radius 3 is 2.82 bits per heavy atom. The molecule has 94 valence electrons. The van der Waals surface area contributed by atoms with Crippen molar-refractivity contribution in [3.63, 3.8) is 0 Å². The molecule has 5 heteroatoms. The Hall–Kier alpha value is -0.680. The minimum Gasteiger partial charge on any atom is -0.481 e. The van der Waals surface area contributed by atoms with Gasteiger partial charge < -0.3 is 10.8 Å². The molecule has 0 spiro atoms. The second-order valence-electron chi connectivity index (χ2n) is 3.74. The number of nitrogen functional groups attached to an aromatic ring is 1. The van der Waals surface area contributed by atoms with Gasteiger partial charge in [-0.1, -0.05) is 22.4 Å². The molecule has 0 radical (unpaired) electrons. The van der Waals surface area contributed by atoms with Crippen molar-refractivity contribution in [1.82, 2.24) is 0 Å². The van der Waals surface area contributed by atoms with Gasteiger partial charge in [-0.3, -0.25) is 4.79 Å². The first kappa shape index (κ1) is 14.4. The van der Waals surface area contributed by atoms with Crippen molar-refractivity contribution < 1.29 is 9.90 Å². The molecule has 0 atom stereocenters. The van der Waals surface area contributed by atoms with E-state index in [9.17, 15) is 4.79 Å². The molecule has 17 heavy (non-hydrogen) atoms. The van der Waals surface area contributed by atoms with Crippen LogP contribution in [0.2, 0.25) is 0 Å². The lowest BCUT2D eigenvalue weighted by atomic mass is 10.2. The summed E-state index contributed by atoms with van der Waals surface area (Å²) in [5.41, 5.74) is 6.65. The van der Waals surface area contributed by atoms with Gasteiger partial charge in [0.05, 0.1) is 0 Å². The summed E-state index contributed by atoms with van der Waals surface area (Å²) < 4.78 is 1.03. The number of aliphatic carboxylic acids is 1. The Balaban J connectivity index is 2.22. The van der Waals surface area contributed by atoms with Gasteiger partial charge in [0, 0.05) is 21.5 Å². The molecule has 0 amide bonds. The summed E-state index contributed by atoms with van der Waals surface area (Å²) in [6.45, 7) is 0. The standard InChI is InChI=1S/C12H16BrNO2S/c13-9-5-6-10(14)11(8-9)17-7-3-1-2-4-12(15)16/h5-6,8H,1-4,7,14H2,(H,15,16). The summed E-state index contributed by atoms with van der Waals surface area (Å²) in [7, 11) is 0. The maximum Gasteiger partial charge on any atom is 0.303 e. The predicted octanol–water partition coefficient (Wildman–Crippen LogP) is 3.77. The van der Waals surface area contributed by atoms with E-state index in [0.717, 1.165) is 40.1 Å². The molecule has 0 aliphatic carbocycles. The van der Waals surface area contributed by atoms with Gasteiger partial charge in [-0.25, -0.2) is 0 Å². The van der Waals surface area contributed by atoms with Crippen molar-refractivity contribution in [3.05, 3.63) is 22.7 Å². The number of rotatable bonds is 7. The van der Waals surface area contributed by atoms with Crippen molar-refractivity contribution in [2.24, 2.45) is 0 Å². The Kier molecular flexibility index (Phi) is 6.44. The Morgan fingerprint density at radius 2 is 2.12 bits per heavy atom. The first-order valence-corrected chi connectivity index (χ1v) is 7.27. The normalized spacial score (nSPS) is 10.4. The van der Waals surface area contributed by atoms with Gasteiger partial charge in [0.25, 0.3) is 0 Å². The van der Waals surface area contributed by atoms with Crippen LogP contribution in [0.25, 0.3) is 0 Å². The highest BCUT2D eigenvalue weighted by Crippen LogP contribution is 2.28. The molecule has 3 nitrogen and oxygen atoms in total. The van der Waals surface area contributed by atoms with Gasteiger partial charge in [-0.15, -0.1) is 11.8 Å². The molecule has 0 saturated heterocycles. The molecule has 0 unspecified atom stereocenters. The zero-order chi connectivity index (χ0) is 12.7. The molecular weight excluding hydrogens is 302 g/mol. The van der Waals surface area contributed by atoms with Crippen LogP contribution in [0, 0.1) is 0 Å². The lowest BCUT2D eigenvalue weighted by Gasteiger charge is -2.05. The van der Waals surface area contributed by atoms with Crippen molar-refractivity contribution >= 4 is 39.3 Å². The number of benzene rings is 1. The lowest BCUT2D eigenvalue weighted by molar-refractivity contribution is -0.137. The molecule has 0 aromatic heterocycles. The summed E-state index contributed by atoms with van der Waals surface area (Å²) in [5.74, 6) is 0.258. The highest BCUT2D eigenvalue weighted by atomic mass is 79.9. The van der Waals surface area contributed by atoms with Crippen LogP contribution in [-0.2, 0) is 4.79 Å². The van der Waals surface area contributed by atoms with Crippen molar-refractivity contribution in [1.29, 1.82) is 0 Å². The maximum atomic E-state index is 10.3. The average Bonchev–Trinajstić information content (AvgIpc) is 2.27. The topological polar surface area (TPSA) is 63.3 Å². The van der Waals surface area contributed by atoms with Crippen LogP contribution in [0.4, 0.5) is 5.69 Å². The molecule has 0 heterocycles. The van der Waals surface area contributed by atoms with Gasteiger partial charge in [-0.05, 0) is 36.8 Å². The molecule has 0 aliphatic rings. The molecular formula is C12H16BrNO2S. The zero-order valence-electron chi connectivity index (χ0n) is 9.49. The number of carboxylic acids is 1. The molecule has 0 fully saturated rings. The third kappa shape index (κ3) is 5.98. The fourth-order valence-electron chi connectivity index (χ4n) is 1.37. The molecule has 0 aliphatic heterocycles. The molecule has 1 rings (SSSR count). The number of hydrogen-bond donors (Lipinski definition) is 2. The molecule has 3 N–H and O–H groups in total. The SMILES string of the molecule is Nc1ccc(Br)cc1SCCCCCC(=O)O. The van der Waals surface area contributed by atoms with Crippen LogP contribution < -0.4 is 5.73 Å². The third-order valence-electron chi connectivity index (χ3n) is 2.27. The van der Waals surface area contributed by atoms with Crippen molar-refractivity contribution in [3.8, 4) is 0 Å². The van der Waals surface area contributed by atoms with E-state index >= 15 is 0 Å². The summed E-state index contributed by atoms with van der Waals surface area (Å²) in [4.78, 5) is 11.4. The number of carboxylic acid groups (broad SMARTS) is 1. The highest BCUT2D eigenvalue weighted by molar-refractivity contribution is 9.10. The van der Waals surface area contributed by atoms with Gasteiger partial charge >= 0.3 is 5.97 Å². The second-order valence-corrected chi connectivity index (χ2v) is 5.79. The largest absolute Gasteiger partial charge is 0.481 e. The Labute approximate surface area is 114 Å². The van der Waals surface area contributed by atoms with Gasteiger partial charge in [0.1, 0.15) is 0 Å². The van der Waals surface area contributed by atoms with Crippen LogP contribution in [0.5, 0.6) is 0 Å². The third-order valence-corrected chi connectivity index (χ3v) is 3.92. The summed E-state index contributed by atoms with van der Waals surface area (Å²) in [5, 5.41) is 8.49. The van der Waals surface area contributed by atoms with Gasteiger partial charge in [0.15, 0.2) is 0 Å². The van der Waals surface area contributed by atoms with E-state index in [2.05, 4.69) is 15.9 Å². The number of hydrogen-bond acceptors (Lipinski definition) is 3. The fraction of sp³-hybridized carbons (Fsp3) is 0.417. The second kappa shape index (κ2) is 7.61. The number of thioether (sulfide) groups is 1. The number of carbonyl (C=O) groups is 1. The summed E-state index contributed by atoms with van der Waals surface area (Å²) >= 11 is 5.13. The molecule has 0 bridgehead atoms. The quantitative estimate of drug-likeness (QED) is 0.456. The number of nitrogens with two attached hydrogens (primary N) is 1. The van der Waals surface area contributed by atoms with E-state index < -0.39 is 5.97 Å². The van der Waals surface area contributed by atoms with Crippen LogP contribution in [-0.4, -0.2) is 16.8 Å². The Morgan fingerprint density at radius 1 is 1.35 bits per heavy atom. The fourth-order valence-corrected chi connectivity index (χ4v) is 2.90. The number of halogens is 1. The van der Waals surface area contributed by atoms with Crippen LogP contribution in [0.1, 0.15) is 25.7 Å². The van der Waals surface area contributed by atoms with E-state index in [-0.39, 0.29) is 6.42 Å². The van der Waals surface area contributed by atoms with E-state index in [1.54, 1.807) is 11.8 Å². The number of anilines is 1. The Bertz CT molecular complexity index is 385. The summed E-state index contributed by atoms with van der Waals surface area (Å²) in [6.07, 6.45) is 2.99. The van der Waals surface area contributed by atoms with E-state index in [0.29, 0.717) is 0 Å². The zero-order valence-corrected chi connectivity index (χ0v) is 11.9. The van der Waals surface area contributed by atoms with Crippen molar-refractivity contribution in [2.75, 3.05) is 11.5 Å². The first-order valence-electron chi connectivity index (χ1n) is 5.49. The maximum absolute atomic E-state index is 10.3. The average molecular weight is 318 g/mol. The van der Waals surface area contributed by atoms with E-state index in [1.165, 1.54) is 0 Å². The molecule has 1 aromatic carbocycles. The molecule has 0 saturated carbocycles. The van der Waals surface area contributed by atoms with E-state index in [1.807, 2.05) is 18.2 Å². The van der Waals surface area contributed by atoms with Crippen molar-refractivity contribution in [2.45, 2.75) is 30.6 Å². The lowest BCUT2D eigenvalue weighted by Crippen LogP contribution is -1.94. The molecule has 1 aromatic rings. The van der Waals surface area contributed by atoms with Gasteiger partial charge in [-0.2, -0.15) is 0 Å². The van der Waals surface area contributed by atoms with Crippen LogP contribution in [0.15, 0.2) is 27.6 Å². The predicted molar refractivity (Wildman–Crippen MR) is 75.4 cm³/mol. The van der Waals surface area contributed by atoms with Crippen LogP contribution in [0.3, 0.4) is 0 Å². The highest BCUT2D eigenvalue weighted by Gasteiger charge is 2.01. The first-order chi connectivity index (χ1) is 8.09. The minimum atomic E-state index is -0.714. The number of unbranched alkanes of at least 4 members (excludes halogenated alkanes) is 2. The van der Waals surface area contributed by atoms with E-state index in [4.69, 9.17) is 10.8 Å². The monoisotopic (exact) mass is 317 g/mol. The summed E-state index contributed by atoms with van der Waals surface area (Å²) in [6, 6.07) is 5.82. The van der Waals surface area contributed by atoms with Gasteiger partial charge in [0.2, 0.25) is 0 Å². The van der Waals surface area contributed by atoms with Crippen LogP contribution >= 0.6 is 27.7 Å².